The molecule has 2 rings (SSSR count). The summed E-state index contributed by atoms with van der Waals surface area (Å²) in [5, 5.41) is 2.65. The van der Waals surface area contributed by atoms with Crippen molar-refractivity contribution in [2.24, 2.45) is 0 Å². The van der Waals surface area contributed by atoms with Gasteiger partial charge in [0.25, 0.3) is 0 Å². The quantitative estimate of drug-likeness (QED) is 0.643. The molecule has 4 heteroatoms. The van der Waals surface area contributed by atoms with Gasteiger partial charge in [-0.1, -0.05) is 18.2 Å². The molecule has 0 spiro atoms. The van der Waals surface area contributed by atoms with Gasteiger partial charge in [-0.15, -0.1) is 11.8 Å². The lowest BCUT2D eigenvalue weighted by Crippen LogP contribution is -2.22. The molecule has 0 aromatic heterocycles. The van der Waals surface area contributed by atoms with Crippen molar-refractivity contribution in [3.8, 4) is 0 Å². The number of amides is 1. The van der Waals surface area contributed by atoms with Crippen LogP contribution < -0.4 is 5.32 Å². The molecular weight excluding hydrogens is 306 g/mol. The van der Waals surface area contributed by atoms with E-state index in [2.05, 4.69) is 31.3 Å². The lowest BCUT2D eigenvalue weighted by Gasteiger charge is -2.13. The maximum atomic E-state index is 12.3. The minimum absolute atomic E-state index is 0.0151. The van der Waals surface area contributed by atoms with Gasteiger partial charge in [0.1, 0.15) is 0 Å². The Labute approximate surface area is 141 Å². The van der Waals surface area contributed by atoms with Gasteiger partial charge in [-0.3, -0.25) is 9.59 Å². The summed E-state index contributed by atoms with van der Waals surface area (Å²) >= 11 is 1.53. The van der Waals surface area contributed by atoms with E-state index in [9.17, 15) is 9.59 Å². The van der Waals surface area contributed by atoms with Crippen LogP contribution in [0.25, 0.3) is 0 Å². The highest BCUT2D eigenvalue weighted by Crippen LogP contribution is 2.26. The van der Waals surface area contributed by atoms with Gasteiger partial charge in [0.2, 0.25) is 5.91 Å². The zero-order valence-electron chi connectivity index (χ0n) is 13.8. The molecular formula is C19H21NO2S. The summed E-state index contributed by atoms with van der Waals surface area (Å²) < 4.78 is 0. The zero-order valence-corrected chi connectivity index (χ0v) is 14.7. The maximum Gasteiger partial charge on any atom is 0.237 e. The first kappa shape index (κ1) is 17.3. The van der Waals surface area contributed by atoms with Crippen molar-refractivity contribution in [3.05, 3.63) is 59.2 Å². The Morgan fingerprint density at radius 2 is 1.78 bits per heavy atom. The highest BCUT2D eigenvalue weighted by atomic mass is 32.2. The number of carbonyl (C=O) groups excluding carboxylic acids is 2. The van der Waals surface area contributed by atoms with E-state index >= 15 is 0 Å². The van der Waals surface area contributed by atoms with E-state index < -0.39 is 0 Å². The average Bonchev–Trinajstić information content (AvgIpc) is 2.51. The summed E-state index contributed by atoms with van der Waals surface area (Å²) in [5.74, 6) is -0.0902. The van der Waals surface area contributed by atoms with Crippen LogP contribution in [-0.4, -0.2) is 16.9 Å². The Morgan fingerprint density at radius 3 is 2.43 bits per heavy atom. The number of rotatable bonds is 5. The predicted molar refractivity (Wildman–Crippen MR) is 96.3 cm³/mol. The van der Waals surface area contributed by atoms with Gasteiger partial charge in [-0.25, -0.2) is 0 Å². The fraction of sp³-hybridized carbons (Fsp3) is 0.263. The second-order valence-electron chi connectivity index (χ2n) is 5.63. The fourth-order valence-electron chi connectivity index (χ4n) is 2.10. The third-order valence-corrected chi connectivity index (χ3v) is 4.79. The van der Waals surface area contributed by atoms with Crippen molar-refractivity contribution in [3.63, 3.8) is 0 Å². The predicted octanol–water partition coefficient (Wildman–Crippen LogP) is 4.63. The molecule has 0 bridgehead atoms. The van der Waals surface area contributed by atoms with E-state index in [0.29, 0.717) is 11.3 Å². The van der Waals surface area contributed by atoms with E-state index in [1.54, 1.807) is 24.3 Å². The number of carbonyl (C=O) groups is 2. The van der Waals surface area contributed by atoms with Gasteiger partial charge < -0.3 is 5.32 Å². The molecule has 2 aromatic carbocycles. The molecule has 1 atom stereocenters. The molecule has 0 aliphatic rings. The largest absolute Gasteiger partial charge is 0.325 e. The number of benzene rings is 2. The first-order valence-corrected chi connectivity index (χ1v) is 8.40. The summed E-state index contributed by atoms with van der Waals surface area (Å²) in [6.07, 6.45) is 0. The SMILES string of the molecule is CC(=O)c1cccc(NC(=O)[C@H](C)Sc2ccc(C)c(C)c2)c1. The van der Waals surface area contributed by atoms with Crippen molar-refractivity contribution in [1.29, 1.82) is 0 Å². The Hall–Kier alpha value is -2.07. The lowest BCUT2D eigenvalue weighted by molar-refractivity contribution is -0.115. The standard InChI is InChI=1S/C19H21NO2S/c1-12-8-9-18(10-13(12)2)23-15(4)19(22)20-17-7-5-6-16(11-17)14(3)21/h5-11,15H,1-4H3,(H,20,22)/t15-/m0/s1. The summed E-state index contributed by atoms with van der Waals surface area (Å²) in [5.41, 5.74) is 3.71. The Kier molecular flexibility index (Phi) is 5.61. The molecule has 0 unspecified atom stereocenters. The van der Waals surface area contributed by atoms with Gasteiger partial charge in [0.05, 0.1) is 5.25 Å². The number of aryl methyl sites for hydroxylation is 2. The second-order valence-corrected chi connectivity index (χ2v) is 7.05. The molecule has 2 aromatic rings. The van der Waals surface area contributed by atoms with Crippen molar-refractivity contribution in [2.75, 3.05) is 5.32 Å². The molecule has 0 aliphatic heterocycles. The van der Waals surface area contributed by atoms with Crippen LogP contribution in [-0.2, 0) is 4.79 Å². The third kappa shape index (κ3) is 4.70. The van der Waals surface area contributed by atoms with Gasteiger partial charge in [0.15, 0.2) is 5.78 Å². The highest BCUT2D eigenvalue weighted by molar-refractivity contribution is 8.00. The first-order chi connectivity index (χ1) is 10.9. The lowest BCUT2D eigenvalue weighted by atomic mass is 10.1. The smallest absolute Gasteiger partial charge is 0.237 e. The first-order valence-electron chi connectivity index (χ1n) is 7.52. The Morgan fingerprint density at radius 1 is 1.04 bits per heavy atom. The molecule has 0 heterocycles. The molecule has 23 heavy (non-hydrogen) atoms. The van der Waals surface area contributed by atoms with Gasteiger partial charge in [0, 0.05) is 16.1 Å². The zero-order chi connectivity index (χ0) is 17.0. The number of nitrogens with one attached hydrogen (secondary N) is 1. The van der Waals surface area contributed by atoms with Crippen LogP contribution in [0.5, 0.6) is 0 Å². The summed E-state index contributed by atoms with van der Waals surface area (Å²) in [6, 6.07) is 13.2. The number of hydrogen-bond acceptors (Lipinski definition) is 3. The van der Waals surface area contributed by atoms with E-state index in [1.807, 2.05) is 13.0 Å². The van der Waals surface area contributed by atoms with Crippen LogP contribution in [0.4, 0.5) is 5.69 Å². The number of hydrogen-bond donors (Lipinski definition) is 1. The molecule has 0 fully saturated rings. The summed E-state index contributed by atoms with van der Waals surface area (Å²) in [4.78, 5) is 24.8. The van der Waals surface area contributed by atoms with E-state index in [1.165, 1.54) is 29.8 Å². The number of ketones is 1. The Balaban J connectivity index is 2.03. The van der Waals surface area contributed by atoms with E-state index in [-0.39, 0.29) is 16.9 Å². The maximum absolute atomic E-state index is 12.3. The van der Waals surface area contributed by atoms with Crippen molar-refractivity contribution in [2.45, 2.75) is 37.8 Å². The Bertz CT molecular complexity index is 740. The molecule has 0 aliphatic carbocycles. The topological polar surface area (TPSA) is 46.2 Å². The number of Topliss-reactive ketones (excluding diaryl/α,β-unsaturated/α-hetero) is 1. The summed E-state index contributed by atoms with van der Waals surface area (Å²) in [7, 11) is 0. The van der Waals surface area contributed by atoms with Crippen LogP contribution in [0.2, 0.25) is 0 Å². The molecule has 3 nitrogen and oxygen atoms in total. The fourth-order valence-corrected chi connectivity index (χ4v) is 3.07. The molecule has 0 saturated heterocycles. The molecule has 120 valence electrons. The summed E-state index contributed by atoms with van der Waals surface area (Å²) in [6.45, 7) is 7.53. The molecule has 0 saturated carbocycles. The molecule has 1 N–H and O–H groups in total. The number of thioether (sulfide) groups is 1. The minimum Gasteiger partial charge on any atom is -0.325 e. The molecule has 1 amide bonds. The van der Waals surface area contributed by atoms with Gasteiger partial charge in [-0.05, 0) is 63.1 Å². The van der Waals surface area contributed by atoms with Gasteiger partial charge in [-0.2, -0.15) is 0 Å². The monoisotopic (exact) mass is 327 g/mol. The van der Waals surface area contributed by atoms with Crippen LogP contribution in [0.1, 0.15) is 35.3 Å². The normalized spacial score (nSPS) is 11.8. The molecule has 0 radical (unpaired) electrons. The minimum atomic E-state index is -0.224. The van der Waals surface area contributed by atoms with E-state index in [4.69, 9.17) is 0 Å². The van der Waals surface area contributed by atoms with Crippen LogP contribution in [0.15, 0.2) is 47.4 Å². The number of anilines is 1. The van der Waals surface area contributed by atoms with Crippen LogP contribution >= 0.6 is 11.8 Å². The van der Waals surface area contributed by atoms with Crippen LogP contribution in [0.3, 0.4) is 0 Å². The average molecular weight is 327 g/mol. The highest BCUT2D eigenvalue weighted by Gasteiger charge is 2.15. The van der Waals surface area contributed by atoms with E-state index in [0.717, 1.165) is 4.90 Å². The van der Waals surface area contributed by atoms with Crippen molar-refractivity contribution < 1.29 is 9.59 Å². The third-order valence-electron chi connectivity index (χ3n) is 3.70. The van der Waals surface area contributed by atoms with Crippen LogP contribution in [0, 0.1) is 13.8 Å². The van der Waals surface area contributed by atoms with Crippen molar-refractivity contribution >= 4 is 29.1 Å². The van der Waals surface area contributed by atoms with Gasteiger partial charge >= 0.3 is 0 Å². The van der Waals surface area contributed by atoms with Crippen molar-refractivity contribution in [1.82, 2.24) is 0 Å². The second kappa shape index (κ2) is 7.47.